The third-order valence-corrected chi connectivity index (χ3v) is 3.46. The second-order valence-electron chi connectivity index (χ2n) is 5.04. The molecule has 0 saturated carbocycles. The van der Waals surface area contributed by atoms with Gasteiger partial charge in [0.1, 0.15) is 0 Å². The number of para-hydroxylation sites is 1. The van der Waals surface area contributed by atoms with Crippen molar-refractivity contribution in [1.29, 1.82) is 0 Å². The number of hydrogen-bond donors (Lipinski definition) is 2. The minimum Gasteiger partial charge on any atom is -0.465 e. The van der Waals surface area contributed by atoms with Gasteiger partial charge in [0.05, 0.1) is 24.0 Å². The van der Waals surface area contributed by atoms with Crippen LogP contribution in [0.2, 0.25) is 0 Å². The van der Waals surface area contributed by atoms with E-state index in [1.54, 1.807) is 12.1 Å². The maximum absolute atomic E-state index is 11.6. The highest BCUT2D eigenvalue weighted by molar-refractivity contribution is 5.98. The Labute approximate surface area is 124 Å². The molecule has 0 amide bonds. The highest BCUT2D eigenvalue weighted by Gasteiger charge is 2.14. The van der Waals surface area contributed by atoms with E-state index < -0.39 is 5.97 Å². The molecule has 4 heteroatoms. The minimum absolute atomic E-state index is 0.0841. The topological polar surface area (TPSA) is 64.3 Å². The Bertz CT molecular complexity index is 636. The molecule has 3 N–H and O–H groups in total. The molecule has 21 heavy (non-hydrogen) atoms. The first-order valence-electron chi connectivity index (χ1n) is 6.83. The van der Waals surface area contributed by atoms with E-state index in [1.807, 2.05) is 6.07 Å². The number of ether oxygens (including phenoxy) is 1. The molecule has 2 rings (SSSR count). The monoisotopic (exact) mass is 284 g/mol. The summed E-state index contributed by atoms with van der Waals surface area (Å²) in [4.78, 5) is 11.6. The van der Waals surface area contributed by atoms with Crippen molar-refractivity contribution < 1.29 is 9.53 Å². The van der Waals surface area contributed by atoms with E-state index in [2.05, 4.69) is 43.4 Å². The fraction of sp³-hybridized carbons (Fsp3) is 0.235. The Morgan fingerprint density at radius 1 is 1.19 bits per heavy atom. The van der Waals surface area contributed by atoms with Gasteiger partial charge in [0.2, 0.25) is 0 Å². The lowest BCUT2D eigenvalue weighted by Gasteiger charge is -2.18. The highest BCUT2D eigenvalue weighted by Crippen LogP contribution is 2.27. The molecule has 0 aliphatic carbocycles. The molecular weight excluding hydrogens is 264 g/mol. The minimum atomic E-state index is -0.431. The van der Waals surface area contributed by atoms with Crippen molar-refractivity contribution in [3.05, 3.63) is 59.2 Å². The van der Waals surface area contributed by atoms with Gasteiger partial charge in [-0.1, -0.05) is 35.9 Å². The van der Waals surface area contributed by atoms with Crippen LogP contribution in [0.4, 0.5) is 11.4 Å². The van der Waals surface area contributed by atoms with Gasteiger partial charge in [-0.25, -0.2) is 4.79 Å². The van der Waals surface area contributed by atoms with E-state index in [0.29, 0.717) is 11.3 Å². The fourth-order valence-electron chi connectivity index (χ4n) is 2.15. The van der Waals surface area contributed by atoms with Crippen LogP contribution in [-0.2, 0) is 4.74 Å². The lowest BCUT2D eigenvalue weighted by molar-refractivity contribution is 0.0602. The maximum atomic E-state index is 11.6. The average molecular weight is 284 g/mol. The quantitative estimate of drug-likeness (QED) is 0.666. The van der Waals surface area contributed by atoms with Crippen LogP contribution in [0.25, 0.3) is 0 Å². The third-order valence-electron chi connectivity index (χ3n) is 3.46. The summed E-state index contributed by atoms with van der Waals surface area (Å²) in [6.07, 6.45) is 0. The van der Waals surface area contributed by atoms with Gasteiger partial charge in [-0.15, -0.1) is 0 Å². The number of carbonyl (C=O) groups is 1. The summed E-state index contributed by atoms with van der Waals surface area (Å²) in [6, 6.07) is 13.7. The SMILES string of the molecule is COC(=O)c1cccc(NC(C)c2ccc(C)cc2)c1N. The van der Waals surface area contributed by atoms with Gasteiger partial charge < -0.3 is 15.8 Å². The summed E-state index contributed by atoms with van der Waals surface area (Å²) in [7, 11) is 1.34. The smallest absolute Gasteiger partial charge is 0.340 e. The zero-order chi connectivity index (χ0) is 15.4. The molecule has 0 saturated heterocycles. The molecule has 2 aromatic carbocycles. The van der Waals surface area contributed by atoms with Crippen LogP contribution in [0.15, 0.2) is 42.5 Å². The Kier molecular flexibility index (Phi) is 4.48. The number of nitrogen functional groups attached to an aromatic ring is 1. The maximum Gasteiger partial charge on any atom is 0.340 e. The molecule has 0 radical (unpaired) electrons. The van der Waals surface area contributed by atoms with Crippen molar-refractivity contribution in [3.8, 4) is 0 Å². The highest BCUT2D eigenvalue weighted by atomic mass is 16.5. The van der Waals surface area contributed by atoms with Crippen LogP contribution >= 0.6 is 0 Å². The van der Waals surface area contributed by atoms with Gasteiger partial charge in [0, 0.05) is 6.04 Å². The van der Waals surface area contributed by atoms with Crippen molar-refractivity contribution >= 4 is 17.3 Å². The van der Waals surface area contributed by atoms with Gasteiger partial charge in [0.25, 0.3) is 0 Å². The van der Waals surface area contributed by atoms with Crippen molar-refractivity contribution in [3.63, 3.8) is 0 Å². The lowest BCUT2D eigenvalue weighted by Crippen LogP contribution is -2.12. The molecule has 0 aromatic heterocycles. The molecule has 1 unspecified atom stereocenters. The largest absolute Gasteiger partial charge is 0.465 e. The summed E-state index contributed by atoms with van der Waals surface area (Å²) in [5, 5.41) is 3.33. The van der Waals surface area contributed by atoms with Crippen LogP contribution in [0.3, 0.4) is 0 Å². The molecule has 0 spiro atoms. The van der Waals surface area contributed by atoms with E-state index in [4.69, 9.17) is 10.5 Å². The first-order chi connectivity index (χ1) is 10.0. The predicted molar refractivity (Wildman–Crippen MR) is 85.4 cm³/mol. The zero-order valence-corrected chi connectivity index (χ0v) is 12.5. The Balaban J connectivity index is 2.23. The number of nitrogens with two attached hydrogens (primary N) is 1. The first kappa shape index (κ1) is 14.9. The zero-order valence-electron chi connectivity index (χ0n) is 12.5. The number of carbonyl (C=O) groups excluding carboxylic acids is 1. The van der Waals surface area contributed by atoms with E-state index in [0.717, 1.165) is 11.3 Å². The number of anilines is 2. The lowest BCUT2D eigenvalue weighted by atomic mass is 10.1. The number of methoxy groups -OCH3 is 1. The standard InChI is InChI=1S/C17H20N2O2/c1-11-7-9-13(10-8-11)12(2)19-15-6-4-5-14(16(15)18)17(20)21-3/h4-10,12,19H,18H2,1-3H3. The van der Waals surface area contributed by atoms with E-state index in [-0.39, 0.29) is 6.04 Å². The first-order valence-corrected chi connectivity index (χ1v) is 6.83. The van der Waals surface area contributed by atoms with Gasteiger partial charge in [-0.05, 0) is 31.5 Å². The summed E-state index contributed by atoms with van der Waals surface area (Å²) in [6.45, 7) is 4.11. The van der Waals surface area contributed by atoms with E-state index >= 15 is 0 Å². The third kappa shape index (κ3) is 3.34. The van der Waals surface area contributed by atoms with Crippen LogP contribution in [0.1, 0.15) is 34.5 Å². The molecule has 0 heterocycles. The van der Waals surface area contributed by atoms with Gasteiger partial charge >= 0.3 is 5.97 Å². The van der Waals surface area contributed by atoms with Crippen molar-refractivity contribution in [2.45, 2.75) is 19.9 Å². The molecule has 110 valence electrons. The van der Waals surface area contributed by atoms with Crippen molar-refractivity contribution in [1.82, 2.24) is 0 Å². The van der Waals surface area contributed by atoms with Crippen LogP contribution in [-0.4, -0.2) is 13.1 Å². The fourth-order valence-corrected chi connectivity index (χ4v) is 2.15. The Morgan fingerprint density at radius 2 is 1.86 bits per heavy atom. The summed E-state index contributed by atoms with van der Waals surface area (Å²) in [5.41, 5.74) is 9.93. The molecular formula is C17H20N2O2. The molecule has 2 aromatic rings. The number of esters is 1. The molecule has 0 aliphatic rings. The Morgan fingerprint density at radius 3 is 2.48 bits per heavy atom. The molecule has 0 aliphatic heterocycles. The molecule has 0 bridgehead atoms. The number of nitrogens with one attached hydrogen (secondary N) is 1. The van der Waals surface area contributed by atoms with Gasteiger partial charge in [-0.2, -0.15) is 0 Å². The number of aryl methyl sites for hydroxylation is 1. The second kappa shape index (κ2) is 6.31. The number of rotatable bonds is 4. The summed E-state index contributed by atoms with van der Waals surface area (Å²) >= 11 is 0. The molecule has 1 atom stereocenters. The summed E-state index contributed by atoms with van der Waals surface area (Å²) < 4.78 is 4.73. The van der Waals surface area contributed by atoms with E-state index in [9.17, 15) is 4.79 Å². The average Bonchev–Trinajstić information content (AvgIpc) is 2.49. The predicted octanol–water partition coefficient (Wildman–Crippen LogP) is 3.54. The van der Waals surface area contributed by atoms with Gasteiger partial charge in [0.15, 0.2) is 0 Å². The number of benzene rings is 2. The second-order valence-corrected chi connectivity index (χ2v) is 5.04. The van der Waals surface area contributed by atoms with Crippen LogP contribution in [0, 0.1) is 6.92 Å². The number of hydrogen-bond acceptors (Lipinski definition) is 4. The Hall–Kier alpha value is -2.49. The van der Waals surface area contributed by atoms with Crippen molar-refractivity contribution in [2.75, 3.05) is 18.2 Å². The summed E-state index contributed by atoms with van der Waals surface area (Å²) in [5.74, 6) is -0.431. The van der Waals surface area contributed by atoms with Crippen molar-refractivity contribution in [2.24, 2.45) is 0 Å². The van der Waals surface area contributed by atoms with Crippen LogP contribution in [0.5, 0.6) is 0 Å². The normalized spacial score (nSPS) is 11.8. The molecule has 4 nitrogen and oxygen atoms in total. The van der Waals surface area contributed by atoms with E-state index in [1.165, 1.54) is 12.7 Å². The van der Waals surface area contributed by atoms with Crippen LogP contribution < -0.4 is 11.1 Å². The van der Waals surface area contributed by atoms with Gasteiger partial charge in [-0.3, -0.25) is 0 Å². The molecule has 0 fully saturated rings.